The molecule has 148 valence electrons. The fourth-order valence-electron chi connectivity index (χ4n) is 3.60. The molecule has 0 saturated heterocycles. The van der Waals surface area contributed by atoms with Gasteiger partial charge >= 0.3 is 0 Å². The summed E-state index contributed by atoms with van der Waals surface area (Å²) in [5.74, 6) is 1.73. The number of aryl methyl sites for hydroxylation is 3. The quantitative estimate of drug-likeness (QED) is 0.411. The fraction of sp³-hybridized carbons (Fsp3) is 0.429. The lowest BCUT2D eigenvalue weighted by Crippen LogP contribution is -2.25. The van der Waals surface area contributed by atoms with Gasteiger partial charge in [0.2, 0.25) is 0 Å². The molecule has 2 heterocycles. The summed E-state index contributed by atoms with van der Waals surface area (Å²) >= 11 is 3.34. The number of benzene rings is 1. The van der Waals surface area contributed by atoms with E-state index >= 15 is 0 Å². The largest absolute Gasteiger partial charge is 0.497 e. The molecule has 0 spiro atoms. The zero-order chi connectivity index (χ0) is 19.5. The molecule has 5 nitrogen and oxygen atoms in total. The van der Waals surface area contributed by atoms with Gasteiger partial charge < -0.3 is 9.47 Å². The zero-order valence-corrected chi connectivity index (χ0v) is 17.8. The van der Waals surface area contributed by atoms with Gasteiger partial charge in [0, 0.05) is 17.7 Å². The molecule has 0 aliphatic heterocycles. The molecule has 1 aliphatic carbocycles. The maximum Gasteiger partial charge on any atom is 0.263 e. The number of methoxy groups -OCH3 is 2. The average molecular weight is 417 g/mol. The van der Waals surface area contributed by atoms with Crippen LogP contribution in [0, 0.1) is 0 Å². The van der Waals surface area contributed by atoms with E-state index in [1.807, 2.05) is 12.1 Å². The van der Waals surface area contributed by atoms with Crippen molar-refractivity contribution in [2.24, 2.45) is 0 Å². The van der Waals surface area contributed by atoms with Crippen LogP contribution in [0.5, 0.6) is 5.75 Å². The molecule has 1 aromatic carbocycles. The van der Waals surface area contributed by atoms with Gasteiger partial charge in [-0.2, -0.15) is 0 Å². The summed E-state index contributed by atoms with van der Waals surface area (Å²) in [7, 11) is 3.34. The molecular formula is C21H24N2O3S2. The second kappa shape index (κ2) is 8.68. The number of thiophene rings is 1. The summed E-state index contributed by atoms with van der Waals surface area (Å²) < 4.78 is 12.2. The first-order valence-corrected chi connectivity index (χ1v) is 11.3. The Morgan fingerprint density at radius 1 is 1.21 bits per heavy atom. The third kappa shape index (κ3) is 3.83. The van der Waals surface area contributed by atoms with E-state index in [2.05, 4.69) is 12.1 Å². The number of nitrogens with zero attached hydrogens (tertiary/aromatic N) is 2. The summed E-state index contributed by atoms with van der Waals surface area (Å²) in [6.45, 7) is 1.04. The second-order valence-corrected chi connectivity index (χ2v) is 8.97. The fourth-order valence-corrected chi connectivity index (χ4v) is 5.92. The molecular weight excluding hydrogens is 392 g/mol. The molecule has 0 radical (unpaired) electrons. The van der Waals surface area contributed by atoms with Crippen molar-refractivity contribution in [3.8, 4) is 5.75 Å². The Bertz CT molecular complexity index is 1020. The van der Waals surface area contributed by atoms with E-state index in [-0.39, 0.29) is 5.56 Å². The highest BCUT2D eigenvalue weighted by Crippen LogP contribution is 2.35. The van der Waals surface area contributed by atoms with Crippen LogP contribution in [-0.4, -0.2) is 36.1 Å². The van der Waals surface area contributed by atoms with Crippen molar-refractivity contribution in [2.45, 2.75) is 37.4 Å². The Morgan fingerprint density at radius 3 is 2.79 bits per heavy atom. The SMILES string of the molecule is COCCn1c(SCCc2ccc(OC)cc2)nc2sc3c(c2c1=O)CCC3. The first-order chi connectivity index (χ1) is 13.7. The predicted octanol–water partition coefficient (Wildman–Crippen LogP) is 3.94. The molecule has 3 aromatic rings. The molecule has 28 heavy (non-hydrogen) atoms. The molecule has 0 amide bonds. The Hall–Kier alpha value is -1.83. The van der Waals surface area contributed by atoms with Crippen LogP contribution in [0.4, 0.5) is 0 Å². The maximum atomic E-state index is 13.2. The molecule has 0 bridgehead atoms. The number of thioether (sulfide) groups is 1. The van der Waals surface area contributed by atoms with E-state index in [0.717, 1.165) is 52.6 Å². The van der Waals surface area contributed by atoms with Gasteiger partial charge in [0.1, 0.15) is 10.6 Å². The van der Waals surface area contributed by atoms with Gasteiger partial charge in [-0.25, -0.2) is 4.98 Å². The minimum Gasteiger partial charge on any atom is -0.497 e. The van der Waals surface area contributed by atoms with Gasteiger partial charge in [0.25, 0.3) is 5.56 Å². The second-order valence-electron chi connectivity index (χ2n) is 6.83. The standard InChI is InChI=1S/C21H24N2O3S2/c1-25-12-11-23-20(24)18-16-4-3-5-17(16)28-19(18)22-21(23)27-13-10-14-6-8-15(26-2)9-7-14/h6-9H,3-5,10-13H2,1-2H3. The Labute approximate surface area is 172 Å². The molecule has 2 aromatic heterocycles. The summed E-state index contributed by atoms with van der Waals surface area (Å²) in [5, 5.41) is 1.64. The summed E-state index contributed by atoms with van der Waals surface area (Å²) in [4.78, 5) is 20.4. The van der Waals surface area contributed by atoms with E-state index in [4.69, 9.17) is 14.5 Å². The lowest BCUT2D eigenvalue weighted by molar-refractivity contribution is 0.183. The number of ether oxygens (including phenoxy) is 2. The van der Waals surface area contributed by atoms with Crippen molar-refractivity contribution in [3.05, 3.63) is 50.6 Å². The van der Waals surface area contributed by atoms with Crippen LogP contribution < -0.4 is 10.3 Å². The number of fused-ring (bicyclic) bond motifs is 3. The normalized spacial score (nSPS) is 13.2. The van der Waals surface area contributed by atoms with E-state index < -0.39 is 0 Å². The van der Waals surface area contributed by atoms with E-state index in [9.17, 15) is 4.79 Å². The summed E-state index contributed by atoms with van der Waals surface area (Å²) in [6, 6.07) is 8.12. The van der Waals surface area contributed by atoms with Crippen LogP contribution in [-0.2, 0) is 30.5 Å². The smallest absolute Gasteiger partial charge is 0.263 e. The van der Waals surface area contributed by atoms with Gasteiger partial charge in [0.05, 0.1) is 25.6 Å². The highest BCUT2D eigenvalue weighted by Gasteiger charge is 2.23. The highest BCUT2D eigenvalue weighted by molar-refractivity contribution is 7.99. The van der Waals surface area contributed by atoms with Gasteiger partial charge in [-0.3, -0.25) is 9.36 Å². The molecule has 0 fully saturated rings. The van der Waals surface area contributed by atoms with Crippen LogP contribution in [0.15, 0.2) is 34.2 Å². The molecule has 0 saturated carbocycles. The molecule has 0 N–H and O–H groups in total. The van der Waals surface area contributed by atoms with E-state index in [1.165, 1.54) is 16.0 Å². The van der Waals surface area contributed by atoms with E-state index in [0.29, 0.717) is 13.2 Å². The number of rotatable bonds is 8. The van der Waals surface area contributed by atoms with Crippen molar-refractivity contribution in [2.75, 3.05) is 26.6 Å². The number of hydrogen-bond acceptors (Lipinski definition) is 6. The third-order valence-corrected chi connectivity index (χ3v) is 7.25. The van der Waals surface area contributed by atoms with Crippen molar-refractivity contribution in [3.63, 3.8) is 0 Å². The third-order valence-electron chi connectivity index (χ3n) is 5.09. The van der Waals surface area contributed by atoms with Crippen molar-refractivity contribution in [1.82, 2.24) is 9.55 Å². The van der Waals surface area contributed by atoms with Crippen molar-refractivity contribution in [1.29, 1.82) is 0 Å². The number of hydrogen-bond donors (Lipinski definition) is 0. The lowest BCUT2D eigenvalue weighted by Gasteiger charge is -2.12. The lowest BCUT2D eigenvalue weighted by atomic mass is 10.2. The highest BCUT2D eigenvalue weighted by atomic mass is 32.2. The molecule has 4 rings (SSSR count). The van der Waals surface area contributed by atoms with Gasteiger partial charge in [-0.15, -0.1) is 11.3 Å². The predicted molar refractivity (Wildman–Crippen MR) is 115 cm³/mol. The molecule has 0 atom stereocenters. The average Bonchev–Trinajstić information content (AvgIpc) is 3.29. The van der Waals surface area contributed by atoms with Crippen LogP contribution >= 0.6 is 23.1 Å². The monoisotopic (exact) mass is 416 g/mol. The minimum atomic E-state index is 0.0911. The van der Waals surface area contributed by atoms with Crippen LogP contribution in [0.25, 0.3) is 10.2 Å². The maximum absolute atomic E-state index is 13.2. The van der Waals surface area contributed by atoms with Gasteiger partial charge in [0.15, 0.2) is 5.16 Å². The number of aromatic nitrogens is 2. The van der Waals surface area contributed by atoms with Gasteiger partial charge in [-0.1, -0.05) is 23.9 Å². The van der Waals surface area contributed by atoms with Crippen molar-refractivity contribution >= 4 is 33.3 Å². The summed E-state index contributed by atoms with van der Waals surface area (Å²) in [6.07, 6.45) is 4.13. The first kappa shape index (κ1) is 19.5. The van der Waals surface area contributed by atoms with Crippen LogP contribution in [0.1, 0.15) is 22.4 Å². The zero-order valence-electron chi connectivity index (χ0n) is 16.2. The van der Waals surface area contributed by atoms with E-state index in [1.54, 1.807) is 41.9 Å². The first-order valence-electron chi connectivity index (χ1n) is 9.51. The molecule has 0 unspecified atom stereocenters. The molecule has 7 heteroatoms. The molecule has 1 aliphatic rings. The minimum absolute atomic E-state index is 0.0911. The van der Waals surface area contributed by atoms with Gasteiger partial charge in [-0.05, 0) is 48.9 Å². The van der Waals surface area contributed by atoms with Crippen LogP contribution in [0.2, 0.25) is 0 Å². The Balaban J connectivity index is 1.58. The van der Waals surface area contributed by atoms with Crippen LogP contribution in [0.3, 0.4) is 0 Å². The summed E-state index contributed by atoms with van der Waals surface area (Å²) in [5.41, 5.74) is 2.57. The topological polar surface area (TPSA) is 53.4 Å². The Morgan fingerprint density at radius 2 is 2.04 bits per heavy atom. The van der Waals surface area contributed by atoms with Crippen molar-refractivity contribution < 1.29 is 9.47 Å². The Kier molecular flexibility index (Phi) is 6.04.